The second-order valence-electron chi connectivity index (χ2n) is 9.31. The van der Waals surface area contributed by atoms with E-state index in [1.807, 2.05) is 24.3 Å². The van der Waals surface area contributed by atoms with Crippen molar-refractivity contribution in [2.45, 2.75) is 32.6 Å². The van der Waals surface area contributed by atoms with Crippen LogP contribution < -0.4 is 4.74 Å². The number of nitrogens with zero attached hydrogens (tertiary/aromatic N) is 2. The number of ketones is 1. The summed E-state index contributed by atoms with van der Waals surface area (Å²) >= 11 is 1.06. The first kappa shape index (κ1) is 24.3. The maximum absolute atomic E-state index is 13.7. The number of rotatable bonds is 7. The van der Waals surface area contributed by atoms with Crippen LogP contribution in [0.4, 0.5) is 0 Å². The average Bonchev–Trinajstić information content (AvgIpc) is 3.31. The Labute approximate surface area is 208 Å². The summed E-state index contributed by atoms with van der Waals surface area (Å²) < 4.78 is 13.6. The molecule has 0 atom stereocenters. The fourth-order valence-electron chi connectivity index (χ4n) is 3.89. The highest BCUT2D eigenvalue weighted by molar-refractivity contribution is 7.00. The Kier molecular flexibility index (Phi) is 6.80. The average molecular weight is 487 g/mol. The highest BCUT2D eigenvalue weighted by atomic mass is 32.1. The second kappa shape index (κ2) is 9.80. The predicted octanol–water partition coefficient (Wildman–Crippen LogP) is 5.96. The maximum Gasteiger partial charge on any atom is 0.336 e. The van der Waals surface area contributed by atoms with Gasteiger partial charge in [-0.25, -0.2) is 4.79 Å². The Balaban J connectivity index is 1.86. The number of carboxylic acid groups (broad SMARTS) is 1. The van der Waals surface area contributed by atoms with E-state index in [4.69, 9.17) is 4.74 Å². The summed E-state index contributed by atoms with van der Waals surface area (Å²) in [5.74, 6) is -0.901. The molecular weight excluding hydrogens is 460 g/mol. The number of hydrogen-bond donors (Lipinski definition) is 1. The molecule has 3 aromatic carbocycles. The minimum atomic E-state index is -1.17. The van der Waals surface area contributed by atoms with Gasteiger partial charge in [-0.15, -0.1) is 0 Å². The quantitative estimate of drug-likeness (QED) is 0.256. The number of carbonyl (C=O) groups is 2. The summed E-state index contributed by atoms with van der Waals surface area (Å²) in [5.41, 5.74) is 4.25. The molecule has 35 heavy (non-hydrogen) atoms. The number of hydrogen-bond acceptors (Lipinski definition) is 6. The van der Waals surface area contributed by atoms with Crippen molar-refractivity contribution in [2.24, 2.45) is 0 Å². The van der Waals surface area contributed by atoms with Gasteiger partial charge in [0.25, 0.3) is 0 Å². The number of methoxy groups -OCH3 is 1. The van der Waals surface area contributed by atoms with Crippen LogP contribution in [0.3, 0.4) is 0 Å². The molecule has 0 bridgehead atoms. The van der Waals surface area contributed by atoms with Crippen molar-refractivity contribution in [3.63, 3.8) is 0 Å². The first-order chi connectivity index (χ1) is 16.7. The SMILES string of the molecule is COc1ccc(C(=O)C(Cc2ccc(C(C)(C)C)cc2)=C(C(=O)O)c2ccc3nsnc3c2)cc1. The summed E-state index contributed by atoms with van der Waals surface area (Å²) in [6, 6.07) is 19.7. The van der Waals surface area contributed by atoms with Gasteiger partial charge >= 0.3 is 5.97 Å². The van der Waals surface area contributed by atoms with Crippen molar-refractivity contribution in [1.82, 2.24) is 8.75 Å². The monoisotopic (exact) mass is 486 g/mol. The van der Waals surface area contributed by atoms with E-state index in [0.717, 1.165) is 22.9 Å². The van der Waals surface area contributed by atoms with Gasteiger partial charge in [0.05, 0.1) is 24.4 Å². The van der Waals surface area contributed by atoms with Gasteiger partial charge < -0.3 is 9.84 Å². The first-order valence-electron chi connectivity index (χ1n) is 11.1. The van der Waals surface area contributed by atoms with Crippen LogP contribution in [0.25, 0.3) is 16.6 Å². The molecule has 0 saturated heterocycles. The number of allylic oxidation sites excluding steroid dienone is 1. The third kappa shape index (κ3) is 5.30. The van der Waals surface area contributed by atoms with Crippen LogP contribution in [-0.4, -0.2) is 32.7 Å². The van der Waals surface area contributed by atoms with Crippen LogP contribution in [0.1, 0.15) is 47.8 Å². The van der Waals surface area contributed by atoms with Gasteiger partial charge in [-0.1, -0.05) is 51.1 Å². The number of benzene rings is 3. The molecule has 0 spiro atoms. The Morgan fingerprint density at radius 3 is 2.11 bits per heavy atom. The molecule has 1 aromatic heterocycles. The highest BCUT2D eigenvalue weighted by Gasteiger charge is 2.25. The Hall–Kier alpha value is -3.84. The van der Waals surface area contributed by atoms with Crippen LogP contribution in [0, 0.1) is 0 Å². The fourth-order valence-corrected chi connectivity index (χ4v) is 4.41. The molecule has 0 fully saturated rings. The lowest BCUT2D eigenvalue weighted by molar-refractivity contribution is -0.130. The Morgan fingerprint density at radius 1 is 0.886 bits per heavy atom. The number of fused-ring (bicyclic) bond motifs is 1. The normalized spacial score (nSPS) is 12.3. The van der Waals surface area contributed by atoms with Gasteiger partial charge in [-0.05, 0) is 58.5 Å². The fraction of sp³-hybridized carbons (Fsp3) is 0.214. The lowest BCUT2D eigenvalue weighted by atomic mass is 9.85. The van der Waals surface area contributed by atoms with E-state index in [9.17, 15) is 14.7 Å². The van der Waals surface area contributed by atoms with Gasteiger partial charge in [0, 0.05) is 17.6 Å². The molecule has 0 aliphatic rings. The molecule has 0 aliphatic carbocycles. The number of carbonyl (C=O) groups excluding carboxylic acids is 1. The smallest absolute Gasteiger partial charge is 0.336 e. The molecule has 1 N–H and O–H groups in total. The summed E-state index contributed by atoms with van der Waals surface area (Å²) in [6.07, 6.45) is 0.171. The summed E-state index contributed by atoms with van der Waals surface area (Å²) in [4.78, 5) is 26.3. The van der Waals surface area contributed by atoms with Gasteiger partial charge in [0.15, 0.2) is 5.78 Å². The number of Topliss-reactive ketones (excluding diaryl/α,β-unsaturated/α-hetero) is 1. The zero-order chi connectivity index (χ0) is 25.2. The summed E-state index contributed by atoms with van der Waals surface area (Å²) in [7, 11) is 1.55. The van der Waals surface area contributed by atoms with Crippen molar-refractivity contribution in [1.29, 1.82) is 0 Å². The maximum atomic E-state index is 13.7. The molecule has 1 heterocycles. The van der Waals surface area contributed by atoms with Gasteiger partial charge in [0.2, 0.25) is 0 Å². The van der Waals surface area contributed by atoms with Crippen LogP contribution in [0.5, 0.6) is 5.75 Å². The van der Waals surface area contributed by atoms with E-state index in [1.54, 1.807) is 49.6 Å². The minimum absolute atomic E-state index is 0.0146. The van der Waals surface area contributed by atoms with E-state index < -0.39 is 5.97 Å². The molecule has 178 valence electrons. The van der Waals surface area contributed by atoms with Crippen LogP contribution in [-0.2, 0) is 16.6 Å². The van der Waals surface area contributed by atoms with Gasteiger partial charge in [-0.3, -0.25) is 4.79 Å². The number of ether oxygens (including phenoxy) is 1. The largest absolute Gasteiger partial charge is 0.497 e. The molecule has 0 unspecified atom stereocenters. The molecule has 6 nitrogen and oxygen atoms in total. The van der Waals surface area contributed by atoms with Gasteiger partial charge in [0.1, 0.15) is 16.8 Å². The topological polar surface area (TPSA) is 89.4 Å². The van der Waals surface area contributed by atoms with Crippen molar-refractivity contribution < 1.29 is 19.4 Å². The molecular formula is C28H26N2O4S. The molecule has 0 radical (unpaired) electrons. The lowest BCUT2D eigenvalue weighted by Crippen LogP contribution is -2.14. The highest BCUT2D eigenvalue weighted by Crippen LogP contribution is 2.29. The Morgan fingerprint density at radius 2 is 1.51 bits per heavy atom. The van der Waals surface area contributed by atoms with Crippen molar-refractivity contribution in [3.05, 3.63) is 94.6 Å². The van der Waals surface area contributed by atoms with E-state index in [0.29, 0.717) is 27.9 Å². The molecule has 7 heteroatoms. The van der Waals surface area contributed by atoms with Crippen molar-refractivity contribution in [3.8, 4) is 5.75 Å². The third-order valence-electron chi connectivity index (χ3n) is 5.89. The van der Waals surface area contributed by atoms with E-state index in [1.165, 1.54) is 0 Å². The predicted molar refractivity (Wildman–Crippen MR) is 138 cm³/mol. The van der Waals surface area contributed by atoms with E-state index in [2.05, 4.69) is 29.5 Å². The number of aliphatic carboxylic acids is 1. The van der Waals surface area contributed by atoms with Crippen molar-refractivity contribution in [2.75, 3.05) is 7.11 Å². The van der Waals surface area contributed by atoms with E-state index in [-0.39, 0.29) is 28.8 Å². The molecule has 0 aliphatic heterocycles. The molecule has 0 amide bonds. The Bertz CT molecular complexity index is 1410. The van der Waals surface area contributed by atoms with Crippen molar-refractivity contribution >= 4 is 40.1 Å². The first-order valence-corrected chi connectivity index (χ1v) is 11.9. The summed E-state index contributed by atoms with van der Waals surface area (Å²) in [5, 5.41) is 10.3. The van der Waals surface area contributed by atoms with Crippen LogP contribution in [0.2, 0.25) is 0 Å². The van der Waals surface area contributed by atoms with Gasteiger partial charge in [-0.2, -0.15) is 8.75 Å². The van der Waals surface area contributed by atoms with E-state index >= 15 is 0 Å². The minimum Gasteiger partial charge on any atom is -0.497 e. The van der Waals surface area contributed by atoms with Crippen LogP contribution in [0.15, 0.2) is 72.3 Å². The third-order valence-corrected chi connectivity index (χ3v) is 6.44. The summed E-state index contributed by atoms with van der Waals surface area (Å²) in [6.45, 7) is 6.39. The zero-order valence-electron chi connectivity index (χ0n) is 20.0. The number of carboxylic acids is 1. The second-order valence-corrected chi connectivity index (χ2v) is 9.84. The molecule has 4 aromatic rings. The molecule has 0 saturated carbocycles. The zero-order valence-corrected chi connectivity index (χ0v) is 20.8. The lowest BCUT2D eigenvalue weighted by Gasteiger charge is -2.19. The van der Waals surface area contributed by atoms with Crippen LogP contribution >= 0.6 is 11.7 Å². The molecule has 4 rings (SSSR count). The number of aromatic nitrogens is 2. The standard InChI is InChI=1S/C28H26N2O4S/c1-28(2,3)20-10-5-17(6-11-20)15-22(26(31)18-7-12-21(34-4)13-8-18)25(27(32)33)19-9-14-23-24(16-19)30-35-29-23/h5-14,16H,15H2,1-4H3,(H,32,33).